The van der Waals surface area contributed by atoms with E-state index >= 15 is 0 Å². The van der Waals surface area contributed by atoms with Crippen LogP contribution in [-0.2, 0) is 0 Å². The predicted octanol–water partition coefficient (Wildman–Crippen LogP) is 2.75. The summed E-state index contributed by atoms with van der Waals surface area (Å²) in [6.45, 7) is 1.97. The smallest absolute Gasteiger partial charge is 0.141 e. The third-order valence-electron chi connectivity index (χ3n) is 3.04. The van der Waals surface area contributed by atoms with Gasteiger partial charge in [0, 0.05) is 5.56 Å². The molecule has 1 atom stereocenters. The minimum Gasteiger partial charge on any atom is -0.497 e. The zero-order chi connectivity index (χ0) is 14.0. The number of rotatable bonds is 4. The molecule has 102 valence electrons. The van der Waals surface area contributed by atoms with Crippen LogP contribution in [-0.4, -0.2) is 24.0 Å². The van der Waals surface area contributed by atoms with Gasteiger partial charge in [0.15, 0.2) is 0 Å². The summed E-state index contributed by atoms with van der Waals surface area (Å²) in [4.78, 5) is 0. The van der Waals surface area contributed by atoms with Crippen LogP contribution < -0.4 is 15.2 Å². The van der Waals surface area contributed by atoms with Crippen molar-refractivity contribution >= 4 is 17.4 Å². The Morgan fingerprint density at radius 3 is 2.58 bits per heavy atom. The molecule has 0 aliphatic heterocycles. The zero-order valence-electron chi connectivity index (χ0n) is 11.1. The van der Waals surface area contributed by atoms with Gasteiger partial charge in [0.1, 0.15) is 22.3 Å². The van der Waals surface area contributed by atoms with E-state index in [9.17, 15) is 0 Å². The van der Waals surface area contributed by atoms with Gasteiger partial charge < -0.3 is 15.2 Å². The average Bonchev–Trinajstić information content (AvgIpc) is 2.77. The lowest BCUT2D eigenvalue weighted by atomic mass is 10.1. The number of ether oxygens (including phenoxy) is 2. The number of benzene rings is 1. The zero-order valence-corrected chi connectivity index (χ0v) is 11.8. The van der Waals surface area contributed by atoms with Crippen molar-refractivity contribution in [3.05, 3.63) is 35.0 Å². The van der Waals surface area contributed by atoms with Crippen LogP contribution in [0.5, 0.6) is 11.5 Å². The van der Waals surface area contributed by atoms with E-state index in [1.165, 1.54) is 6.20 Å². The number of methoxy groups -OCH3 is 2. The predicted molar refractivity (Wildman–Crippen MR) is 75.0 cm³/mol. The minimum absolute atomic E-state index is 0.113. The lowest BCUT2D eigenvalue weighted by molar-refractivity contribution is 0.391. The summed E-state index contributed by atoms with van der Waals surface area (Å²) in [5.41, 5.74) is 6.82. The molecule has 0 spiro atoms. The Labute approximate surface area is 116 Å². The molecule has 0 saturated heterocycles. The van der Waals surface area contributed by atoms with Gasteiger partial charge in [0.2, 0.25) is 0 Å². The minimum atomic E-state index is -0.113. The van der Waals surface area contributed by atoms with E-state index in [1.54, 1.807) is 18.9 Å². The maximum absolute atomic E-state index is 5.93. The van der Waals surface area contributed by atoms with Gasteiger partial charge in [-0.3, -0.25) is 0 Å². The van der Waals surface area contributed by atoms with Crippen LogP contribution in [0.15, 0.2) is 24.4 Å². The second-order valence-electron chi connectivity index (χ2n) is 4.11. The molecule has 1 aromatic heterocycles. The van der Waals surface area contributed by atoms with Crippen molar-refractivity contribution in [3.63, 3.8) is 0 Å². The fraction of sp³-hybridized carbons (Fsp3) is 0.308. The fourth-order valence-electron chi connectivity index (χ4n) is 1.96. The number of nitrogens with zero attached hydrogens (tertiary/aromatic N) is 2. The van der Waals surface area contributed by atoms with E-state index in [4.69, 9.17) is 26.8 Å². The Bertz CT molecular complexity index is 583. The summed E-state index contributed by atoms with van der Waals surface area (Å²) in [6, 6.07) is 5.48. The highest BCUT2D eigenvalue weighted by molar-refractivity contribution is 6.32. The molecule has 1 unspecified atom stereocenters. The van der Waals surface area contributed by atoms with Gasteiger partial charge in [-0.25, -0.2) is 4.68 Å². The highest BCUT2D eigenvalue weighted by atomic mass is 35.5. The second kappa shape index (κ2) is 5.40. The molecule has 0 amide bonds. The molecule has 2 N–H and O–H groups in total. The van der Waals surface area contributed by atoms with E-state index in [0.717, 1.165) is 17.1 Å². The second-order valence-corrected chi connectivity index (χ2v) is 4.51. The lowest BCUT2D eigenvalue weighted by Gasteiger charge is -2.18. The summed E-state index contributed by atoms with van der Waals surface area (Å²) in [5, 5.41) is 4.62. The van der Waals surface area contributed by atoms with Gasteiger partial charge in [0.25, 0.3) is 0 Å². The molecule has 1 aromatic carbocycles. The standard InChI is InChI=1S/C13H16ClN3O2/c1-8(17-13(15)11(14)7-16-17)10-6-9(18-2)4-5-12(10)19-3/h4-8H,15H2,1-3H3. The van der Waals surface area contributed by atoms with Crippen molar-refractivity contribution in [1.82, 2.24) is 9.78 Å². The third kappa shape index (κ3) is 2.46. The Morgan fingerprint density at radius 2 is 2.05 bits per heavy atom. The van der Waals surface area contributed by atoms with Crippen LogP contribution >= 0.6 is 11.6 Å². The van der Waals surface area contributed by atoms with E-state index in [2.05, 4.69) is 5.10 Å². The van der Waals surface area contributed by atoms with Gasteiger partial charge in [-0.1, -0.05) is 11.6 Å². The average molecular weight is 282 g/mol. The first-order valence-electron chi connectivity index (χ1n) is 5.79. The molecule has 2 rings (SSSR count). The van der Waals surface area contributed by atoms with E-state index in [0.29, 0.717) is 10.8 Å². The fourth-order valence-corrected chi connectivity index (χ4v) is 2.09. The highest BCUT2D eigenvalue weighted by Crippen LogP contribution is 2.33. The number of hydrogen-bond donors (Lipinski definition) is 1. The summed E-state index contributed by atoms with van der Waals surface area (Å²) in [7, 11) is 3.24. The Morgan fingerprint density at radius 1 is 1.32 bits per heavy atom. The first kappa shape index (κ1) is 13.5. The summed E-state index contributed by atoms with van der Waals surface area (Å²) in [5.74, 6) is 1.93. The van der Waals surface area contributed by atoms with Gasteiger partial charge in [-0.2, -0.15) is 5.10 Å². The molecule has 0 fully saturated rings. The van der Waals surface area contributed by atoms with E-state index in [1.807, 2.05) is 25.1 Å². The van der Waals surface area contributed by atoms with Crippen molar-refractivity contribution < 1.29 is 9.47 Å². The number of halogens is 1. The largest absolute Gasteiger partial charge is 0.497 e. The Balaban J connectivity index is 2.47. The van der Waals surface area contributed by atoms with Crippen molar-refractivity contribution in [1.29, 1.82) is 0 Å². The van der Waals surface area contributed by atoms with Crippen molar-refractivity contribution in [2.24, 2.45) is 0 Å². The molecule has 0 bridgehead atoms. The molecular weight excluding hydrogens is 266 g/mol. The SMILES string of the molecule is COc1ccc(OC)c(C(C)n2ncc(Cl)c2N)c1. The molecule has 1 heterocycles. The van der Waals surface area contributed by atoms with Crippen LogP contribution in [0.1, 0.15) is 18.5 Å². The molecule has 5 nitrogen and oxygen atoms in total. The first-order valence-corrected chi connectivity index (χ1v) is 6.16. The van der Waals surface area contributed by atoms with Crippen LogP contribution in [0, 0.1) is 0 Å². The van der Waals surface area contributed by atoms with Crippen LogP contribution in [0.25, 0.3) is 0 Å². The monoisotopic (exact) mass is 281 g/mol. The summed E-state index contributed by atoms with van der Waals surface area (Å²) in [6.07, 6.45) is 1.53. The number of hydrogen-bond acceptors (Lipinski definition) is 4. The number of anilines is 1. The van der Waals surface area contributed by atoms with Gasteiger partial charge in [-0.15, -0.1) is 0 Å². The van der Waals surface area contributed by atoms with Crippen LogP contribution in [0.3, 0.4) is 0 Å². The quantitative estimate of drug-likeness (QED) is 0.936. The Kier molecular flexibility index (Phi) is 3.85. The van der Waals surface area contributed by atoms with Crippen LogP contribution in [0.4, 0.5) is 5.82 Å². The van der Waals surface area contributed by atoms with Crippen molar-refractivity contribution in [3.8, 4) is 11.5 Å². The Hall–Kier alpha value is -1.88. The maximum Gasteiger partial charge on any atom is 0.141 e. The normalized spacial score (nSPS) is 12.2. The van der Waals surface area contributed by atoms with Gasteiger partial charge in [-0.05, 0) is 25.1 Å². The van der Waals surface area contributed by atoms with E-state index < -0.39 is 0 Å². The van der Waals surface area contributed by atoms with Crippen molar-refractivity contribution in [2.45, 2.75) is 13.0 Å². The molecule has 0 radical (unpaired) electrons. The summed E-state index contributed by atoms with van der Waals surface area (Å²) < 4.78 is 12.2. The maximum atomic E-state index is 5.93. The first-order chi connectivity index (χ1) is 9.08. The topological polar surface area (TPSA) is 62.3 Å². The molecular formula is C13H16ClN3O2. The van der Waals surface area contributed by atoms with E-state index in [-0.39, 0.29) is 6.04 Å². The number of nitrogens with two attached hydrogens (primary N) is 1. The molecule has 6 heteroatoms. The van der Waals surface area contributed by atoms with Gasteiger partial charge >= 0.3 is 0 Å². The molecule has 19 heavy (non-hydrogen) atoms. The highest BCUT2D eigenvalue weighted by Gasteiger charge is 2.18. The number of nitrogen functional groups attached to an aromatic ring is 1. The third-order valence-corrected chi connectivity index (χ3v) is 3.33. The summed E-state index contributed by atoms with van der Waals surface area (Å²) >= 11 is 5.93. The van der Waals surface area contributed by atoms with Gasteiger partial charge in [0.05, 0.1) is 26.5 Å². The molecule has 0 saturated carbocycles. The molecule has 2 aromatic rings. The molecule has 0 aliphatic carbocycles. The van der Waals surface area contributed by atoms with Crippen molar-refractivity contribution in [2.75, 3.05) is 20.0 Å². The van der Waals surface area contributed by atoms with Crippen LogP contribution in [0.2, 0.25) is 5.02 Å². The lowest BCUT2D eigenvalue weighted by Crippen LogP contribution is -2.12. The number of aromatic nitrogens is 2. The molecule has 0 aliphatic rings.